The van der Waals surface area contributed by atoms with Gasteiger partial charge < -0.3 is 18.9 Å². The van der Waals surface area contributed by atoms with Crippen LogP contribution in [0.25, 0.3) is 0 Å². The SMILES string of the molecule is CC1CN(C(=O)Cc2cc(B3OC(C)(C)C(C)(C)O3)ccc2OCc2ccccc2)C1. The molecule has 0 bridgehead atoms. The van der Waals surface area contributed by atoms with Gasteiger partial charge in [-0.05, 0) is 50.7 Å². The molecule has 0 spiro atoms. The molecule has 2 heterocycles. The minimum Gasteiger partial charge on any atom is -0.489 e. The van der Waals surface area contributed by atoms with Gasteiger partial charge in [0.2, 0.25) is 5.91 Å². The third kappa shape index (κ3) is 4.65. The van der Waals surface area contributed by atoms with Crippen LogP contribution in [0.15, 0.2) is 48.5 Å². The van der Waals surface area contributed by atoms with E-state index in [1.54, 1.807) is 0 Å². The van der Waals surface area contributed by atoms with Crippen molar-refractivity contribution in [3.63, 3.8) is 0 Å². The van der Waals surface area contributed by atoms with E-state index in [1.807, 2.05) is 81.1 Å². The molecule has 0 radical (unpaired) electrons. The summed E-state index contributed by atoms with van der Waals surface area (Å²) in [4.78, 5) is 14.7. The Balaban J connectivity index is 1.56. The molecule has 31 heavy (non-hydrogen) atoms. The molecule has 2 aromatic rings. The normalized spacial score (nSPS) is 19.9. The number of amides is 1. The molecule has 2 aliphatic heterocycles. The van der Waals surface area contributed by atoms with Gasteiger partial charge >= 0.3 is 7.12 Å². The highest BCUT2D eigenvalue weighted by atomic mass is 16.7. The van der Waals surface area contributed by atoms with Crippen molar-refractivity contribution in [1.29, 1.82) is 0 Å². The molecule has 2 fully saturated rings. The maximum Gasteiger partial charge on any atom is 0.494 e. The molecule has 1 amide bonds. The maximum absolute atomic E-state index is 12.8. The second-order valence-corrected chi connectivity index (χ2v) is 9.81. The van der Waals surface area contributed by atoms with Crippen LogP contribution in [0.2, 0.25) is 0 Å². The topological polar surface area (TPSA) is 48.0 Å². The molecule has 0 saturated carbocycles. The summed E-state index contributed by atoms with van der Waals surface area (Å²) in [6, 6.07) is 16.0. The first-order valence-electron chi connectivity index (χ1n) is 11.1. The molecular formula is C25H32BNO4. The summed E-state index contributed by atoms with van der Waals surface area (Å²) in [6.07, 6.45) is 0.310. The summed E-state index contributed by atoms with van der Waals surface area (Å²) in [7, 11) is -0.467. The molecule has 2 aliphatic rings. The third-order valence-corrected chi connectivity index (χ3v) is 6.61. The van der Waals surface area contributed by atoms with Crippen molar-refractivity contribution in [1.82, 2.24) is 4.90 Å². The fraction of sp³-hybridized carbons (Fsp3) is 0.480. The van der Waals surface area contributed by atoms with Gasteiger partial charge in [0.1, 0.15) is 12.4 Å². The smallest absolute Gasteiger partial charge is 0.489 e. The van der Waals surface area contributed by atoms with E-state index in [2.05, 4.69) is 6.92 Å². The molecule has 0 aromatic heterocycles. The zero-order valence-electron chi connectivity index (χ0n) is 19.2. The molecule has 0 unspecified atom stereocenters. The highest BCUT2D eigenvalue weighted by Gasteiger charge is 2.51. The van der Waals surface area contributed by atoms with Crippen LogP contribution in [0.4, 0.5) is 0 Å². The van der Waals surface area contributed by atoms with Crippen LogP contribution in [-0.2, 0) is 27.1 Å². The first-order valence-corrected chi connectivity index (χ1v) is 11.1. The molecule has 164 valence electrons. The van der Waals surface area contributed by atoms with Gasteiger partial charge in [-0.2, -0.15) is 0 Å². The van der Waals surface area contributed by atoms with E-state index in [1.165, 1.54) is 0 Å². The van der Waals surface area contributed by atoms with Crippen LogP contribution in [0.3, 0.4) is 0 Å². The Bertz CT molecular complexity index is 922. The number of hydrogen-bond acceptors (Lipinski definition) is 4. The van der Waals surface area contributed by atoms with Crippen molar-refractivity contribution >= 4 is 18.5 Å². The molecule has 5 nitrogen and oxygen atoms in total. The van der Waals surface area contributed by atoms with Gasteiger partial charge in [-0.1, -0.05) is 49.4 Å². The minimum atomic E-state index is -0.467. The number of ether oxygens (including phenoxy) is 1. The average Bonchev–Trinajstić information content (AvgIpc) is 2.92. The summed E-state index contributed by atoms with van der Waals surface area (Å²) in [5.41, 5.74) is 2.04. The van der Waals surface area contributed by atoms with Crippen LogP contribution in [-0.4, -0.2) is 42.2 Å². The number of hydrogen-bond donors (Lipinski definition) is 0. The quantitative estimate of drug-likeness (QED) is 0.669. The molecular weight excluding hydrogens is 389 g/mol. The highest BCUT2D eigenvalue weighted by molar-refractivity contribution is 6.62. The Morgan fingerprint density at radius 3 is 2.32 bits per heavy atom. The molecule has 0 aliphatic carbocycles. The Morgan fingerprint density at radius 2 is 1.71 bits per heavy atom. The van der Waals surface area contributed by atoms with Crippen molar-refractivity contribution in [3.05, 3.63) is 59.7 Å². The van der Waals surface area contributed by atoms with Crippen LogP contribution in [0.1, 0.15) is 45.7 Å². The largest absolute Gasteiger partial charge is 0.494 e. The van der Waals surface area contributed by atoms with Crippen molar-refractivity contribution in [2.24, 2.45) is 5.92 Å². The van der Waals surface area contributed by atoms with Crippen molar-refractivity contribution in [2.75, 3.05) is 13.1 Å². The zero-order chi connectivity index (χ0) is 22.2. The Labute approximate surface area is 185 Å². The monoisotopic (exact) mass is 421 g/mol. The van der Waals surface area contributed by atoms with Crippen molar-refractivity contribution in [3.8, 4) is 5.75 Å². The summed E-state index contributed by atoms with van der Waals surface area (Å²) < 4.78 is 18.6. The number of nitrogens with zero attached hydrogens (tertiary/aromatic N) is 1. The van der Waals surface area contributed by atoms with E-state index < -0.39 is 18.3 Å². The standard InChI is InChI=1S/C25H32BNO4/c1-18-15-27(16-18)23(28)14-20-13-21(26-30-24(2,3)25(4,5)31-26)11-12-22(20)29-17-19-9-7-6-8-10-19/h6-13,18H,14-17H2,1-5H3. The van der Waals surface area contributed by atoms with Crippen molar-refractivity contribution < 1.29 is 18.8 Å². The lowest BCUT2D eigenvalue weighted by molar-refractivity contribution is -0.136. The molecule has 6 heteroatoms. The third-order valence-electron chi connectivity index (χ3n) is 6.61. The average molecular weight is 421 g/mol. The van der Waals surface area contributed by atoms with E-state index in [0.29, 0.717) is 18.9 Å². The summed E-state index contributed by atoms with van der Waals surface area (Å²) in [6.45, 7) is 12.4. The zero-order valence-corrected chi connectivity index (χ0v) is 19.2. The van der Waals surface area contributed by atoms with Crippen LogP contribution in [0, 0.1) is 5.92 Å². The fourth-order valence-corrected chi connectivity index (χ4v) is 3.92. The van der Waals surface area contributed by atoms with E-state index >= 15 is 0 Å². The lowest BCUT2D eigenvalue weighted by Gasteiger charge is -2.37. The van der Waals surface area contributed by atoms with Crippen LogP contribution in [0.5, 0.6) is 5.75 Å². The molecule has 0 N–H and O–H groups in total. The number of likely N-dealkylation sites (tertiary alicyclic amines) is 1. The van der Waals surface area contributed by atoms with Gasteiger partial charge in [0.15, 0.2) is 0 Å². The number of carbonyl (C=O) groups excluding carboxylic acids is 1. The van der Waals surface area contributed by atoms with Gasteiger partial charge in [0, 0.05) is 18.7 Å². The van der Waals surface area contributed by atoms with Crippen molar-refractivity contribution in [2.45, 2.75) is 58.8 Å². The van der Waals surface area contributed by atoms with Gasteiger partial charge in [-0.25, -0.2) is 0 Å². The second kappa shape index (κ2) is 8.32. The lowest BCUT2D eigenvalue weighted by atomic mass is 9.78. The number of benzene rings is 2. The number of carbonyl (C=O) groups is 1. The lowest BCUT2D eigenvalue weighted by Crippen LogP contribution is -2.49. The van der Waals surface area contributed by atoms with E-state index in [4.69, 9.17) is 14.0 Å². The maximum atomic E-state index is 12.8. The van der Waals surface area contributed by atoms with E-state index in [0.717, 1.165) is 35.4 Å². The van der Waals surface area contributed by atoms with Gasteiger partial charge in [0.05, 0.1) is 17.6 Å². The molecule has 0 atom stereocenters. The Morgan fingerprint density at radius 1 is 1.06 bits per heavy atom. The fourth-order valence-electron chi connectivity index (χ4n) is 3.92. The highest BCUT2D eigenvalue weighted by Crippen LogP contribution is 2.36. The van der Waals surface area contributed by atoms with E-state index in [-0.39, 0.29) is 5.91 Å². The second-order valence-electron chi connectivity index (χ2n) is 9.81. The molecule has 2 aromatic carbocycles. The first-order chi connectivity index (χ1) is 14.6. The van der Waals surface area contributed by atoms with E-state index in [9.17, 15) is 4.79 Å². The Hall–Kier alpha value is -2.31. The van der Waals surface area contributed by atoms with Gasteiger partial charge in [-0.15, -0.1) is 0 Å². The van der Waals surface area contributed by atoms with Gasteiger partial charge in [0.25, 0.3) is 0 Å². The minimum absolute atomic E-state index is 0.133. The summed E-state index contributed by atoms with van der Waals surface area (Å²) in [5, 5.41) is 0. The predicted octanol–water partition coefficient (Wildman–Crippen LogP) is 3.59. The molecule has 4 rings (SSSR count). The first kappa shape index (κ1) is 21.9. The number of rotatable bonds is 6. The summed E-state index contributed by atoms with van der Waals surface area (Å²) >= 11 is 0. The molecule has 2 saturated heterocycles. The predicted molar refractivity (Wildman–Crippen MR) is 122 cm³/mol. The van der Waals surface area contributed by atoms with Gasteiger partial charge in [-0.3, -0.25) is 4.79 Å². The Kier molecular flexibility index (Phi) is 5.88. The van der Waals surface area contributed by atoms with Crippen LogP contribution < -0.4 is 10.2 Å². The summed E-state index contributed by atoms with van der Waals surface area (Å²) in [5.74, 6) is 1.44. The van der Waals surface area contributed by atoms with Crippen LogP contribution >= 0.6 is 0 Å².